The Morgan fingerprint density at radius 3 is 2.49 bits per heavy atom. The van der Waals surface area contributed by atoms with E-state index in [2.05, 4.69) is 37.2 Å². The summed E-state index contributed by atoms with van der Waals surface area (Å²) in [5.41, 5.74) is 6.82. The molecule has 2 aromatic rings. The number of alkyl halides is 1. The number of aliphatic hydroxyl groups is 1. The van der Waals surface area contributed by atoms with Gasteiger partial charge in [0.2, 0.25) is 11.8 Å². The third kappa shape index (κ3) is 9.37. The summed E-state index contributed by atoms with van der Waals surface area (Å²) in [6.07, 6.45) is -2.20. The molecule has 220 valence electrons. The predicted molar refractivity (Wildman–Crippen MR) is 156 cm³/mol. The highest BCUT2D eigenvalue weighted by molar-refractivity contribution is 9.10. The zero-order valence-electron chi connectivity index (χ0n) is 22.1. The first kappa shape index (κ1) is 31.7. The zero-order valence-corrected chi connectivity index (χ0v) is 24.4. The number of methoxy groups -OCH3 is 1. The molecule has 3 rings (SSSR count). The lowest BCUT2D eigenvalue weighted by Crippen LogP contribution is -2.54. The van der Waals surface area contributed by atoms with Gasteiger partial charge in [0.1, 0.15) is 24.0 Å². The van der Waals surface area contributed by atoms with Crippen molar-refractivity contribution in [2.24, 2.45) is 5.73 Å². The average molecular weight is 653 g/mol. The highest BCUT2D eigenvalue weighted by Crippen LogP contribution is 2.25. The number of hydrogen-bond acceptors (Lipinski definition) is 7. The third-order valence-corrected chi connectivity index (χ3v) is 7.01. The van der Waals surface area contributed by atoms with E-state index < -0.39 is 48.2 Å². The summed E-state index contributed by atoms with van der Waals surface area (Å²) in [5.74, 6) is -0.677. The van der Waals surface area contributed by atoms with Crippen LogP contribution in [0.2, 0.25) is 0 Å². The van der Waals surface area contributed by atoms with E-state index in [1.165, 1.54) is 13.2 Å². The van der Waals surface area contributed by atoms with E-state index in [1.807, 2.05) is 0 Å². The minimum Gasteiger partial charge on any atom is -0.497 e. The molecule has 4 atom stereocenters. The van der Waals surface area contributed by atoms with Crippen LogP contribution in [0, 0.1) is 0 Å². The van der Waals surface area contributed by atoms with Crippen molar-refractivity contribution in [2.75, 3.05) is 24.9 Å². The minimum absolute atomic E-state index is 0.0672. The molecule has 5 amide bonds. The number of nitrogens with two attached hydrogens (primary N) is 1. The smallest absolute Gasteiger partial charge is 0.407 e. The number of alkyl carbamates (subject to hydrolysis) is 1. The first-order valence-corrected chi connectivity index (χ1v) is 13.9. The predicted octanol–water partition coefficient (Wildman–Crippen LogP) is 2.19. The van der Waals surface area contributed by atoms with Crippen LogP contribution in [0.5, 0.6) is 5.75 Å². The largest absolute Gasteiger partial charge is 0.497 e. The van der Waals surface area contributed by atoms with E-state index in [4.69, 9.17) is 26.8 Å². The number of ether oxygens (including phenoxy) is 2. The van der Waals surface area contributed by atoms with E-state index in [9.17, 15) is 24.3 Å². The van der Waals surface area contributed by atoms with Gasteiger partial charge in [-0.25, -0.2) is 9.59 Å². The molecular weight excluding hydrogens is 622 g/mol. The molecule has 0 bridgehead atoms. The number of primary amides is 1. The number of urea groups is 1. The minimum atomic E-state index is -1.40. The fraction of sp³-hybridized carbons (Fsp3) is 0.333. The van der Waals surface area contributed by atoms with Gasteiger partial charge in [0.05, 0.1) is 18.8 Å². The number of aliphatic hydroxyl groups excluding tert-OH is 1. The van der Waals surface area contributed by atoms with Crippen LogP contribution >= 0.6 is 27.5 Å². The lowest BCUT2D eigenvalue weighted by molar-refractivity contribution is -0.125. The molecule has 1 aliphatic carbocycles. The van der Waals surface area contributed by atoms with Crippen LogP contribution in [0.25, 0.3) is 0 Å². The first-order chi connectivity index (χ1) is 19.6. The number of nitrogens with one attached hydrogen (secondary N) is 4. The summed E-state index contributed by atoms with van der Waals surface area (Å²) in [7, 11) is 1.53. The topological polar surface area (TPSA) is 181 Å². The molecule has 0 saturated heterocycles. The number of para-hydroxylation sites is 1. The molecule has 1 aliphatic rings. The lowest BCUT2D eigenvalue weighted by Gasteiger charge is -2.33. The Hall–Kier alpha value is -3.81. The number of rotatable bonds is 11. The fourth-order valence-corrected chi connectivity index (χ4v) is 4.51. The van der Waals surface area contributed by atoms with E-state index in [0.29, 0.717) is 15.9 Å². The van der Waals surface area contributed by atoms with Crippen molar-refractivity contribution >= 4 is 57.2 Å². The molecule has 0 saturated carbocycles. The summed E-state index contributed by atoms with van der Waals surface area (Å²) < 4.78 is 11.1. The van der Waals surface area contributed by atoms with Crippen LogP contribution in [0.1, 0.15) is 12.0 Å². The van der Waals surface area contributed by atoms with Crippen molar-refractivity contribution in [3.8, 4) is 5.75 Å². The van der Waals surface area contributed by atoms with Gasteiger partial charge in [0, 0.05) is 35.3 Å². The summed E-state index contributed by atoms with van der Waals surface area (Å²) in [5, 5.41) is 21.2. The van der Waals surface area contributed by atoms with E-state index in [1.54, 1.807) is 48.5 Å². The Labute approximate surface area is 250 Å². The summed E-state index contributed by atoms with van der Waals surface area (Å²) in [4.78, 5) is 50.4. The van der Waals surface area contributed by atoms with Crippen LogP contribution in [0.3, 0.4) is 0 Å². The second-order valence-corrected chi connectivity index (χ2v) is 10.3. The first-order valence-electron chi connectivity index (χ1n) is 12.6. The standard InChI is InChI=1S/C27H31BrClN5O7/c1-40-17-8-6-15(7-9-17)12-21(24(30)36)32-25(37)16-13-20(23(35)22(14-16)41-27(39)31-11-10-29)34-26(38)33-19-5-3-2-4-18(19)28/h2-9,13,20-23,35H,10-12,14H2,1H3,(H2,30,36)(H,31,39)(H,32,37)(H2,33,34,38). The highest BCUT2D eigenvalue weighted by Gasteiger charge is 2.38. The third-order valence-electron chi connectivity index (χ3n) is 6.13. The van der Waals surface area contributed by atoms with E-state index >= 15 is 0 Å². The number of carbonyl (C=O) groups is 4. The number of carbonyl (C=O) groups excluding carboxylic acids is 4. The number of hydrogen-bond donors (Lipinski definition) is 6. The molecule has 0 aromatic heterocycles. The summed E-state index contributed by atoms with van der Waals surface area (Å²) in [6.45, 7) is 0.119. The van der Waals surface area contributed by atoms with Gasteiger partial charge in [-0.15, -0.1) is 11.6 Å². The van der Waals surface area contributed by atoms with Crippen LogP contribution in [0.4, 0.5) is 15.3 Å². The van der Waals surface area contributed by atoms with Crippen molar-refractivity contribution in [1.82, 2.24) is 16.0 Å². The zero-order chi connectivity index (χ0) is 29.9. The van der Waals surface area contributed by atoms with Gasteiger partial charge in [-0.1, -0.05) is 30.3 Å². The molecule has 0 radical (unpaired) electrons. The van der Waals surface area contributed by atoms with Gasteiger partial charge in [0.25, 0.3) is 0 Å². The molecule has 0 aliphatic heterocycles. The van der Waals surface area contributed by atoms with Crippen LogP contribution < -0.4 is 31.7 Å². The van der Waals surface area contributed by atoms with Gasteiger partial charge in [0.15, 0.2) is 0 Å². The van der Waals surface area contributed by atoms with E-state index in [0.717, 1.165) is 5.56 Å². The van der Waals surface area contributed by atoms with Crippen LogP contribution in [0.15, 0.2) is 64.7 Å². The van der Waals surface area contributed by atoms with Crippen LogP contribution in [-0.4, -0.2) is 72.9 Å². The molecule has 0 spiro atoms. The monoisotopic (exact) mass is 651 g/mol. The van der Waals surface area contributed by atoms with Crippen molar-refractivity contribution < 1.29 is 33.8 Å². The van der Waals surface area contributed by atoms with Gasteiger partial charge in [-0.2, -0.15) is 0 Å². The normalized spacial score (nSPS) is 18.7. The van der Waals surface area contributed by atoms with Gasteiger partial charge in [-0.3, -0.25) is 9.59 Å². The maximum absolute atomic E-state index is 13.3. The Balaban J connectivity index is 1.79. The molecular formula is C27H31BrClN5O7. The van der Waals surface area contributed by atoms with Gasteiger partial charge < -0.3 is 41.6 Å². The van der Waals surface area contributed by atoms with E-state index in [-0.39, 0.29) is 30.8 Å². The second kappa shape index (κ2) is 15.3. The molecule has 7 N–H and O–H groups in total. The molecule has 0 fully saturated rings. The maximum atomic E-state index is 13.3. The number of amides is 5. The highest BCUT2D eigenvalue weighted by atomic mass is 79.9. The number of anilines is 1. The molecule has 4 unspecified atom stereocenters. The SMILES string of the molecule is COc1ccc(CC(NC(=O)C2=CC(NC(=O)Nc3ccccc3Br)C(O)C(OC(=O)NCCCl)C2)C(N)=O)cc1. The molecule has 12 nitrogen and oxygen atoms in total. The number of halogens is 2. The van der Waals surface area contributed by atoms with Crippen LogP contribution in [-0.2, 0) is 20.7 Å². The second-order valence-electron chi connectivity index (χ2n) is 9.03. The average Bonchev–Trinajstić information content (AvgIpc) is 2.95. The molecule has 14 heteroatoms. The Bertz CT molecular complexity index is 1280. The quantitative estimate of drug-likeness (QED) is 0.201. The summed E-state index contributed by atoms with van der Waals surface area (Å²) in [6, 6.07) is 10.9. The van der Waals surface area contributed by atoms with Crippen molar-refractivity contribution in [3.05, 3.63) is 70.2 Å². The molecule has 41 heavy (non-hydrogen) atoms. The fourth-order valence-electron chi connectivity index (χ4n) is 4.03. The molecule has 2 aromatic carbocycles. The van der Waals surface area contributed by atoms with Crippen molar-refractivity contribution in [3.63, 3.8) is 0 Å². The van der Waals surface area contributed by atoms with Gasteiger partial charge in [-0.05, 0) is 45.8 Å². The number of benzene rings is 2. The van der Waals surface area contributed by atoms with Crippen molar-refractivity contribution in [2.45, 2.75) is 37.1 Å². The Kier molecular flexibility index (Phi) is 11.8. The van der Waals surface area contributed by atoms with Gasteiger partial charge >= 0.3 is 12.1 Å². The van der Waals surface area contributed by atoms with Crippen molar-refractivity contribution in [1.29, 1.82) is 0 Å². The summed E-state index contributed by atoms with van der Waals surface area (Å²) >= 11 is 8.94. The Morgan fingerprint density at radius 2 is 1.85 bits per heavy atom. The lowest BCUT2D eigenvalue weighted by atomic mass is 9.89. The Morgan fingerprint density at radius 1 is 1.15 bits per heavy atom. The maximum Gasteiger partial charge on any atom is 0.407 e. The molecule has 0 heterocycles.